The van der Waals surface area contributed by atoms with Crippen molar-refractivity contribution in [1.82, 2.24) is 10.3 Å². The number of rotatable bonds is 5. The predicted molar refractivity (Wildman–Crippen MR) is 85.0 cm³/mol. The van der Waals surface area contributed by atoms with Crippen molar-refractivity contribution in [2.24, 2.45) is 5.41 Å². The lowest BCUT2D eigenvalue weighted by Gasteiger charge is -2.41. The third-order valence-corrected chi connectivity index (χ3v) is 5.11. The molecule has 1 aromatic carbocycles. The summed E-state index contributed by atoms with van der Waals surface area (Å²) in [6.45, 7) is 4.28. The van der Waals surface area contributed by atoms with Crippen LogP contribution in [-0.2, 0) is 6.54 Å². The van der Waals surface area contributed by atoms with E-state index in [1.54, 1.807) is 0 Å². The van der Waals surface area contributed by atoms with Crippen LogP contribution in [0.25, 0.3) is 10.9 Å². The zero-order chi connectivity index (χ0) is 14.0. The summed E-state index contributed by atoms with van der Waals surface area (Å²) in [4.78, 5) is 4.49. The minimum absolute atomic E-state index is 0.551. The van der Waals surface area contributed by atoms with E-state index in [1.165, 1.54) is 31.2 Å². The summed E-state index contributed by atoms with van der Waals surface area (Å²) >= 11 is 6.23. The molecule has 0 unspecified atom stereocenters. The van der Waals surface area contributed by atoms with Crippen LogP contribution in [0.2, 0.25) is 5.02 Å². The van der Waals surface area contributed by atoms with E-state index in [9.17, 15) is 0 Å². The average Bonchev–Trinajstić information content (AvgIpc) is 2.44. The molecule has 0 spiro atoms. The summed E-state index contributed by atoms with van der Waals surface area (Å²) < 4.78 is 0. The van der Waals surface area contributed by atoms with Gasteiger partial charge in [-0.2, -0.15) is 0 Å². The standard InChI is InChI=1S/C17H21ClN2/c1-2-17(8-4-9-17)12-19-11-13-6-7-15(18)14-5-3-10-20-16(13)14/h3,5-7,10,19H,2,4,8-9,11-12H2,1H3. The van der Waals surface area contributed by atoms with Gasteiger partial charge in [0, 0.05) is 29.7 Å². The number of fused-ring (bicyclic) bond motifs is 1. The number of hydrogen-bond acceptors (Lipinski definition) is 2. The van der Waals surface area contributed by atoms with Gasteiger partial charge in [-0.15, -0.1) is 0 Å². The van der Waals surface area contributed by atoms with Crippen LogP contribution in [-0.4, -0.2) is 11.5 Å². The lowest BCUT2D eigenvalue weighted by molar-refractivity contribution is 0.124. The van der Waals surface area contributed by atoms with Gasteiger partial charge >= 0.3 is 0 Å². The first kappa shape index (κ1) is 13.8. The molecule has 3 heteroatoms. The highest BCUT2D eigenvalue weighted by atomic mass is 35.5. The highest BCUT2D eigenvalue weighted by Crippen LogP contribution is 2.43. The SMILES string of the molecule is CCC1(CNCc2ccc(Cl)c3cccnc23)CCC1. The largest absolute Gasteiger partial charge is 0.312 e. The zero-order valence-electron chi connectivity index (χ0n) is 12.0. The van der Waals surface area contributed by atoms with Crippen LogP contribution in [0, 0.1) is 5.41 Å². The minimum atomic E-state index is 0.551. The topological polar surface area (TPSA) is 24.9 Å². The molecule has 1 N–H and O–H groups in total. The van der Waals surface area contributed by atoms with Gasteiger partial charge in [-0.25, -0.2) is 0 Å². The van der Waals surface area contributed by atoms with Crippen LogP contribution < -0.4 is 5.32 Å². The van der Waals surface area contributed by atoms with Gasteiger partial charge in [0.2, 0.25) is 0 Å². The second-order valence-corrected chi connectivity index (χ2v) is 6.32. The van der Waals surface area contributed by atoms with Crippen LogP contribution in [0.3, 0.4) is 0 Å². The second-order valence-electron chi connectivity index (χ2n) is 5.92. The summed E-state index contributed by atoms with van der Waals surface area (Å²) in [5.74, 6) is 0. The van der Waals surface area contributed by atoms with Crippen LogP contribution in [0.5, 0.6) is 0 Å². The summed E-state index contributed by atoms with van der Waals surface area (Å²) in [6.07, 6.45) is 7.24. The maximum atomic E-state index is 6.23. The molecule has 0 radical (unpaired) electrons. The molecule has 1 saturated carbocycles. The van der Waals surface area contributed by atoms with Gasteiger partial charge in [-0.3, -0.25) is 4.98 Å². The molecule has 1 fully saturated rings. The quantitative estimate of drug-likeness (QED) is 0.872. The molecule has 1 aliphatic carbocycles. The van der Waals surface area contributed by atoms with Gasteiger partial charge in [-0.1, -0.05) is 31.0 Å². The Morgan fingerprint density at radius 1 is 1.30 bits per heavy atom. The first-order chi connectivity index (χ1) is 9.74. The third-order valence-electron chi connectivity index (χ3n) is 4.78. The van der Waals surface area contributed by atoms with Crippen LogP contribution >= 0.6 is 11.6 Å². The van der Waals surface area contributed by atoms with Crippen molar-refractivity contribution in [3.8, 4) is 0 Å². The van der Waals surface area contributed by atoms with Gasteiger partial charge in [0.05, 0.1) is 5.52 Å². The Labute approximate surface area is 125 Å². The molecule has 1 aliphatic rings. The Kier molecular flexibility index (Phi) is 3.95. The van der Waals surface area contributed by atoms with Gasteiger partial charge in [0.1, 0.15) is 0 Å². The molecule has 3 rings (SSSR count). The Hall–Kier alpha value is -1.12. The molecule has 2 nitrogen and oxygen atoms in total. The van der Waals surface area contributed by atoms with Crippen molar-refractivity contribution in [3.05, 3.63) is 41.0 Å². The van der Waals surface area contributed by atoms with E-state index in [1.807, 2.05) is 24.4 Å². The lowest BCUT2D eigenvalue weighted by Crippen LogP contribution is -2.39. The van der Waals surface area contributed by atoms with Crippen LogP contribution in [0.1, 0.15) is 38.2 Å². The summed E-state index contributed by atoms with van der Waals surface area (Å²) in [7, 11) is 0. The molecule has 1 heterocycles. The number of pyridine rings is 1. The van der Waals surface area contributed by atoms with Crippen molar-refractivity contribution >= 4 is 22.5 Å². The van der Waals surface area contributed by atoms with E-state index in [0.29, 0.717) is 5.41 Å². The lowest BCUT2D eigenvalue weighted by atomic mass is 9.67. The fraction of sp³-hybridized carbons (Fsp3) is 0.471. The van der Waals surface area contributed by atoms with Crippen molar-refractivity contribution < 1.29 is 0 Å². The Bertz CT molecular complexity index is 599. The molecule has 1 aromatic heterocycles. The highest BCUT2D eigenvalue weighted by Gasteiger charge is 2.34. The van der Waals surface area contributed by atoms with E-state index in [4.69, 9.17) is 11.6 Å². The van der Waals surface area contributed by atoms with Crippen LogP contribution in [0.15, 0.2) is 30.5 Å². The zero-order valence-corrected chi connectivity index (χ0v) is 12.7. The fourth-order valence-electron chi connectivity index (χ4n) is 3.13. The van der Waals surface area contributed by atoms with E-state index in [0.717, 1.165) is 29.0 Å². The van der Waals surface area contributed by atoms with Gasteiger partial charge < -0.3 is 5.32 Å². The highest BCUT2D eigenvalue weighted by molar-refractivity contribution is 6.35. The maximum Gasteiger partial charge on any atom is 0.0761 e. The summed E-state index contributed by atoms with van der Waals surface area (Å²) in [5.41, 5.74) is 2.80. The number of aromatic nitrogens is 1. The van der Waals surface area contributed by atoms with E-state index < -0.39 is 0 Å². The molecular weight excluding hydrogens is 268 g/mol. The first-order valence-electron chi connectivity index (χ1n) is 7.47. The first-order valence-corrected chi connectivity index (χ1v) is 7.85. The number of nitrogens with one attached hydrogen (secondary N) is 1. The van der Waals surface area contributed by atoms with Gasteiger partial charge in [0.15, 0.2) is 0 Å². The monoisotopic (exact) mass is 288 g/mol. The smallest absolute Gasteiger partial charge is 0.0761 e. The Balaban J connectivity index is 1.73. The van der Waals surface area contributed by atoms with Crippen molar-refractivity contribution in [1.29, 1.82) is 0 Å². The predicted octanol–water partition coefficient (Wildman–Crippen LogP) is 4.56. The van der Waals surface area contributed by atoms with Gasteiger partial charge in [0.25, 0.3) is 0 Å². The number of hydrogen-bond donors (Lipinski definition) is 1. The molecule has 0 saturated heterocycles. The Morgan fingerprint density at radius 2 is 2.15 bits per heavy atom. The molecule has 20 heavy (non-hydrogen) atoms. The minimum Gasteiger partial charge on any atom is -0.312 e. The van der Waals surface area contributed by atoms with Gasteiger partial charge in [-0.05, 0) is 48.4 Å². The van der Waals surface area contributed by atoms with Crippen LogP contribution in [0.4, 0.5) is 0 Å². The molecule has 0 atom stereocenters. The summed E-state index contributed by atoms with van der Waals surface area (Å²) in [5, 5.41) is 5.45. The molecular formula is C17H21ClN2. The maximum absolute atomic E-state index is 6.23. The normalized spacial score (nSPS) is 17.1. The average molecular weight is 289 g/mol. The molecule has 0 bridgehead atoms. The number of halogens is 1. The molecule has 106 valence electrons. The van der Waals surface area contributed by atoms with Crippen molar-refractivity contribution in [2.75, 3.05) is 6.54 Å². The summed E-state index contributed by atoms with van der Waals surface area (Å²) in [6, 6.07) is 8.03. The van der Waals surface area contributed by atoms with Crippen molar-refractivity contribution in [3.63, 3.8) is 0 Å². The van der Waals surface area contributed by atoms with E-state index in [2.05, 4.69) is 23.3 Å². The second kappa shape index (κ2) is 5.71. The molecule has 2 aromatic rings. The number of benzene rings is 1. The van der Waals surface area contributed by atoms with E-state index in [-0.39, 0.29) is 0 Å². The third kappa shape index (κ3) is 2.55. The van der Waals surface area contributed by atoms with Crippen molar-refractivity contribution in [2.45, 2.75) is 39.2 Å². The Morgan fingerprint density at radius 3 is 2.85 bits per heavy atom. The van der Waals surface area contributed by atoms with E-state index >= 15 is 0 Å². The molecule has 0 aliphatic heterocycles. The number of nitrogens with zero attached hydrogens (tertiary/aromatic N) is 1. The fourth-order valence-corrected chi connectivity index (χ4v) is 3.35. The molecule has 0 amide bonds.